The number of hydrogen-bond acceptors (Lipinski definition) is 10. The number of nitrogens with one attached hydrogen (secondary N) is 1. The molecule has 1 aliphatic rings. The molecule has 0 bridgehead atoms. The molecule has 12 nitrogen and oxygen atoms in total. The molecule has 1 aromatic carbocycles. The van der Waals surface area contributed by atoms with Crippen molar-refractivity contribution < 1.29 is 13.2 Å². The average Bonchev–Trinajstić information content (AvgIpc) is 3.36. The number of sulfonamides is 1. The van der Waals surface area contributed by atoms with E-state index in [0.717, 1.165) is 36.5 Å². The number of piperazine rings is 1. The Kier molecular flexibility index (Phi) is 9.37. The number of carbonyl (C=O) groups is 1. The summed E-state index contributed by atoms with van der Waals surface area (Å²) in [4.78, 5) is 44.1. The average molecular weight is 625 g/mol. The molecule has 0 unspecified atom stereocenters. The monoisotopic (exact) mass is 624 g/mol. The minimum atomic E-state index is -3.99. The summed E-state index contributed by atoms with van der Waals surface area (Å²) in [5.41, 5.74) is 1.79. The first kappa shape index (κ1) is 30.6. The molecule has 0 aliphatic carbocycles. The smallest absolute Gasteiger partial charge is 0.263 e. The van der Waals surface area contributed by atoms with Crippen molar-refractivity contribution in [2.75, 3.05) is 55.6 Å². The zero-order valence-corrected chi connectivity index (χ0v) is 26.2. The van der Waals surface area contributed by atoms with Crippen molar-refractivity contribution in [1.82, 2.24) is 29.1 Å². The van der Waals surface area contributed by atoms with Crippen molar-refractivity contribution in [3.8, 4) is 0 Å². The number of benzene rings is 1. The Labute approximate surface area is 255 Å². The molecule has 0 spiro atoms. The SMILES string of the molecule is CCN(CCCNC(=O)Cn1cnc2sc(C)c(S(=O)(=O)N3CCN(c4ncccn4)CC3)c2c1=O)c1cccc(C)c1. The molecule has 1 fully saturated rings. The van der Waals surface area contributed by atoms with E-state index in [0.29, 0.717) is 35.3 Å². The maximum absolute atomic E-state index is 13.8. The van der Waals surface area contributed by atoms with Gasteiger partial charge in [-0.2, -0.15) is 4.31 Å². The van der Waals surface area contributed by atoms with Gasteiger partial charge >= 0.3 is 0 Å². The second kappa shape index (κ2) is 13.2. The predicted molar refractivity (Wildman–Crippen MR) is 168 cm³/mol. The third-order valence-corrected chi connectivity index (χ3v) is 10.7. The summed E-state index contributed by atoms with van der Waals surface area (Å²) in [6.45, 7) is 8.96. The molecule has 5 rings (SSSR count). The minimum absolute atomic E-state index is 0.0278. The standard InChI is InChI=1S/C29H36N8O4S2/c1-4-34(23-9-5-8-21(2)18-23)13-7-12-30-24(38)19-36-20-33-27-25(28(36)39)26(22(3)42-27)43(40,41)37-16-14-35(15-17-37)29-31-10-6-11-32-29/h5-6,8-11,18,20H,4,7,12-17,19H2,1-3H3,(H,30,38). The highest BCUT2D eigenvalue weighted by molar-refractivity contribution is 7.89. The van der Waals surface area contributed by atoms with Crippen LogP contribution in [0.3, 0.4) is 0 Å². The topological polar surface area (TPSA) is 134 Å². The number of aromatic nitrogens is 4. The molecule has 4 aromatic rings. The fraction of sp³-hybridized carbons (Fsp3) is 0.414. The maximum Gasteiger partial charge on any atom is 0.263 e. The van der Waals surface area contributed by atoms with Crippen LogP contribution in [0.1, 0.15) is 23.8 Å². The Morgan fingerprint density at radius 2 is 1.81 bits per heavy atom. The summed E-state index contributed by atoms with van der Waals surface area (Å²) in [5.74, 6) is 0.216. The van der Waals surface area contributed by atoms with Crippen LogP contribution in [0.2, 0.25) is 0 Å². The number of carbonyl (C=O) groups excluding carboxylic acids is 1. The van der Waals surface area contributed by atoms with Gasteiger partial charge in [-0.25, -0.2) is 23.4 Å². The number of rotatable bonds is 11. The van der Waals surface area contributed by atoms with Crippen molar-refractivity contribution in [3.05, 3.63) is 69.8 Å². The molecule has 1 aliphatic heterocycles. The maximum atomic E-state index is 13.8. The molecular formula is C29H36N8O4S2. The first-order chi connectivity index (χ1) is 20.7. The van der Waals surface area contributed by atoms with E-state index in [9.17, 15) is 18.0 Å². The number of aryl methyl sites for hydroxylation is 2. The number of thiophene rings is 1. The van der Waals surface area contributed by atoms with Crippen LogP contribution in [0.5, 0.6) is 0 Å². The first-order valence-electron chi connectivity index (χ1n) is 14.3. The molecule has 0 atom stereocenters. The second-order valence-corrected chi connectivity index (χ2v) is 13.5. The van der Waals surface area contributed by atoms with Crippen molar-refractivity contribution in [2.45, 2.75) is 38.6 Å². The van der Waals surface area contributed by atoms with Crippen molar-refractivity contribution in [3.63, 3.8) is 0 Å². The highest BCUT2D eigenvalue weighted by Crippen LogP contribution is 2.33. The summed E-state index contributed by atoms with van der Waals surface area (Å²) in [5, 5.41) is 2.91. The minimum Gasteiger partial charge on any atom is -0.372 e. The van der Waals surface area contributed by atoms with Gasteiger partial charge in [0.1, 0.15) is 16.3 Å². The second-order valence-electron chi connectivity index (χ2n) is 10.4. The Morgan fingerprint density at radius 3 is 2.51 bits per heavy atom. The Balaban J connectivity index is 1.24. The molecule has 14 heteroatoms. The predicted octanol–water partition coefficient (Wildman–Crippen LogP) is 2.41. The Bertz CT molecular complexity index is 1750. The number of nitrogens with zero attached hydrogens (tertiary/aromatic N) is 7. The molecule has 1 amide bonds. The summed E-state index contributed by atoms with van der Waals surface area (Å²) >= 11 is 1.16. The van der Waals surface area contributed by atoms with Gasteiger partial charge < -0.3 is 15.1 Å². The molecule has 0 saturated carbocycles. The van der Waals surface area contributed by atoms with E-state index in [1.165, 1.54) is 20.8 Å². The van der Waals surface area contributed by atoms with E-state index >= 15 is 0 Å². The van der Waals surface area contributed by atoms with Gasteiger partial charge in [0.15, 0.2) is 0 Å². The highest BCUT2D eigenvalue weighted by Gasteiger charge is 2.34. The van der Waals surface area contributed by atoms with E-state index in [-0.39, 0.29) is 35.8 Å². The number of amides is 1. The van der Waals surface area contributed by atoms with Crippen LogP contribution < -0.4 is 20.7 Å². The van der Waals surface area contributed by atoms with E-state index in [4.69, 9.17) is 0 Å². The van der Waals surface area contributed by atoms with Gasteiger partial charge in [-0.05, 0) is 51.0 Å². The molecule has 1 N–H and O–H groups in total. The van der Waals surface area contributed by atoms with Crippen LogP contribution in [-0.2, 0) is 21.4 Å². The lowest BCUT2D eigenvalue weighted by Gasteiger charge is -2.33. The molecule has 4 heterocycles. The molecule has 43 heavy (non-hydrogen) atoms. The zero-order valence-electron chi connectivity index (χ0n) is 24.6. The number of anilines is 2. The van der Waals surface area contributed by atoms with Crippen molar-refractivity contribution in [2.24, 2.45) is 0 Å². The van der Waals surface area contributed by atoms with E-state index in [2.05, 4.69) is 57.2 Å². The van der Waals surface area contributed by atoms with Gasteiger partial charge in [-0.15, -0.1) is 11.3 Å². The lowest BCUT2D eigenvalue weighted by atomic mass is 10.2. The van der Waals surface area contributed by atoms with Crippen LogP contribution >= 0.6 is 11.3 Å². The largest absolute Gasteiger partial charge is 0.372 e. The third kappa shape index (κ3) is 6.71. The molecule has 0 radical (unpaired) electrons. The first-order valence-corrected chi connectivity index (χ1v) is 16.5. The van der Waals surface area contributed by atoms with Crippen LogP contribution in [0.25, 0.3) is 10.2 Å². The number of hydrogen-bond donors (Lipinski definition) is 1. The highest BCUT2D eigenvalue weighted by atomic mass is 32.2. The molecule has 3 aromatic heterocycles. The fourth-order valence-corrected chi connectivity index (χ4v) is 8.34. The molecule has 1 saturated heterocycles. The van der Waals surface area contributed by atoms with Gasteiger partial charge in [0, 0.05) is 68.8 Å². The van der Waals surface area contributed by atoms with Crippen molar-refractivity contribution in [1.29, 1.82) is 0 Å². The van der Waals surface area contributed by atoms with Crippen molar-refractivity contribution >= 4 is 49.1 Å². The van der Waals surface area contributed by atoms with Gasteiger partial charge in [0.05, 0.1) is 11.7 Å². The van der Waals surface area contributed by atoms with Crippen LogP contribution in [-0.4, -0.2) is 84.0 Å². The van der Waals surface area contributed by atoms with E-state index < -0.39 is 15.6 Å². The lowest BCUT2D eigenvalue weighted by Crippen LogP contribution is -2.49. The van der Waals surface area contributed by atoms with E-state index in [1.807, 2.05) is 11.0 Å². The van der Waals surface area contributed by atoms with Crippen LogP contribution in [0.4, 0.5) is 11.6 Å². The van der Waals surface area contributed by atoms with Gasteiger partial charge in [-0.1, -0.05) is 12.1 Å². The number of fused-ring (bicyclic) bond motifs is 1. The third-order valence-electron chi connectivity index (χ3n) is 7.46. The summed E-state index contributed by atoms with van der Waals surface area (Å²) in [6.07, 6.45) is 5.34. The summed E-state index contributed by atoms with van der Waals surface area (Å²) < 4.78 is 30.2. The molecule has 228 valence electrons. The van der Waals surface area contributed by atoms with Crippen LogP contribution in [0.15, 0.2) is 58.7 Å². The van der Waals surface area contributed by atoms with Gasteiger partial charge in [0.25, 0.3) is 5.56 Å². The molecular weight excluding hydrogens is 589 g/mol. The fourth-order valence-electron chi connectivity index (χ4n) is 5.25. The normalized spacial score (nSPS) is 14.3. The van der Waals surface area contributed by atoms with Gasteiger partial charge in [0.2, 0.25) is 21.9 Å². The Hall–Kier alpha value is -3.88. The zero-order chi connectivity index (χ0) is 30.6. The Morgan fingerprint density at radius 1 is 1.07 bits per heavy atom. The summed E-state index contributed by atoms with van der Waals surface area (Å²) in [7, 11) is -3.99. The quantitative estimate of drug-likeness (QED) is 0.250. The van der Waals surface area contributed by atoms with E-state index in [1.54, 1.807) is 25.4 Å². The summed E-state index contributed by atoms with van der Waals surface area (Å²) in [6, 6.07) is 10.0. The van der Waals surface area contributed by atoms with Crippen LogP contribution in [0, 0.1) is 13.8 Å². The van der Waals surface area contributed by atoms with Gasteiger partial charge in [-0.3, -0.25) is 14.2 Å². The lowest BCUT2D eigenvalue weighted by molar-refractivity contribution is -0.121.